The molecule has 1 aromatic carbocycles. The first-order valence-corrected chi connectivity index (χ1v) is 8.46. The molecule has 1 amide bonds. The molecule has 7 nitrogen and oxygen atoms in total. The number of hydrogen-bond acceptors (Lipinski definition) is 5. The van der Waals surface area contributed by atoms with Gasteiger partial charge in [-0.2, -0.15) is 4.80 Å². The maximum Gasteiger partial charge on any atom is 0.243 e. The van der Waals surface area contributed by atoms with Crippen LogP contribution in [0.5, 0.6) is 0 Å². The molecular formula is C17H24N6O. The Morgan fingerprint density at radius 1 is 1.33 bits per heavy atom. The van der Waals surface area contributed by atoms with Crippen LogP contribution >= 0.6 is 0 Å². The highest BCUT2D eigenvalue weighted by molar-refractivity contribution is 5.75. The number of rotatable bonds is 6. The summed E-state index contributed by atoms with van der Waals surface area (Å²) in [5, 5.41) is 15.2. The van der Waals surface area contributed by atoms with Crippen LogP contribution in [0, 0.1) is 5.92 Å². The van der Waals surface area contributed by atoms with Crippen molar-refractivity contribution in [1.82, 2.24) is 30.4 Å². The van der Waals surface area contributed by atoms with Crippen LogP contribution in [0.1, 0.15) is 20.3 Å². The summed E-state index contributed by atoms with van der Waals surface area (Å²) in [4.78, 5) is 15.9. The number of carbonyl (C=O) groups is 1. The molecule has 7 heteroatoms. The molecule has 1 aliphatic rings. The number of hydrogen-bond donors (Lipinski definition) is 1. The molecule has 128 valence electrons. The van der Waals surface area contributed by atoms with Crippen LogP contribution in [0.4, 0.5) is 0 Å². The van der Waals surface area contributed by atoms with Gasteiger partial charge in [-0.3, -0.25) is 4.79 Å². The van der Waals surface area contributed by atoms with Crippen molar-refractivity contribution in [3.05, 3.63) is 30.3 Å². The van der Waals surface area contributed by atoms with E-state index in [1.165, 1.54) is 4.80 Å². The van der Waals surface area contributed by atoms with E-state index in [2.05, 4.69) is 39.5 Å². The number of benzene rings is 1. The van der Waals surface area contributed by atoms with E-state index in [4.69, 9.17) is 0 Å². The molecule has 0 unspecified atom stereocenters. The highest BCUT2D eigenvalue weighted by atomic mass is 16.2. The van der Waals surface area contributed by atoms with E-state index in [9.17, 15) is 4.79 Å². The number of amides is 1. The Balaban J connectivity index is 1.47. The molecule has 2 heterocycles. The lowest BCUT2D eigenvalue weighted by Gasteiger charge is -2.20. The maximum atomic E-state index is 12.1. The minimum atomic E-state index is -0.0741. The van der Waals surface area contributed by atoms with Gasteiger partial charge in [-0.1, -0.05) is 30.3 Å². The highest BCUT2D eigenvalue weighted by Crippen LogP contribution is 2.17. The van der Waals surface area contributed by atoms with E-state index in [0.29, 0.717) is 24.3 Å². The predicted octanol–water partition coefficient (Wildman–Crippen LogP) is 1.19. The van der Waals surface area contributed by atoms with Crippen molar-refractivity contribution in [2.75, 3.05) is 19.6 Å². The summed E-state index contributed by atoms with van der Waals surface area (Å²) in [6.07, 6.45) is 1.14. The Morgan fingerprint density at radius 2 is 2.12 bits per heavy atom. The fraction of sp³-hybridized carbons (Fsp3) is 0.529. The van der Waals surface area contributed by atoms with Crippen molar-refractivity contribution in [2.24, 2.45) is 5.92 Å². The number of tetrazole rings is 1. The fourth-order valence-electron chi connectivity index (χ4n) is 2.95. The topological polar surface area (TPSA) is 75.9 Å². The molecule has 0 bridgehead atoms. The Morgan fingerprint density at radius 3 is 2.83 bits per heavy atom. The van der Waals surface area contributed by atoms with Gasteiger partial charge in [0.05, 0.1) is 0 Å². The van der Waals surface area contributed by atoms with E-state index in [1.807, 2.05) is 30.3 Å². The first-order valence-electron chi connectivity index (χ1n) is 8.46. The quantitative estimate of drug-likeness (QED) is 0.862. The first kappa shape index (κ1) is 16.6. The van der Waals surface area contributed by atoms with E-state index in [1.54, 1.807) is 0 Å². The molecule has 1 atom stereocenters. The molecule has 0 spiro atoms. The molecule has 0 saturated carbocycles. The summed E-state index contributed by atoms with van der Waals surface area (Å²) in [5.41, 5.74) is 0.892. The van der Waals surface area contributed by atoms with E-state index in [-0.39, 0.29) is 12.5 Å². The SMILES string of the molecule is CC(C)N1CC[C@@H](CNC(=O)Cn2nnc(-c3ccccc3)n2)C1. The lowest BCUT2D eigenvalue weighted by Crippen LogP contribution is -2.34. The molecule has 1 N–H and O–H groups in total. The highest BCUT2D eigenvalue weighted by Gasteiger charge is 2.24. The Kier molecular flexibility index (Phi) is 5.20. The van der Waals surface area contributed by atoms with E-state index >= 15 is 0 Å². The summed E-state index contributed by atoms with van der Waals surface area (Å²) < 4.78 is 0. The Bertz CT molecular complexity index is 669. The third-order valence-electron chi connectivity index (χ3n) is 4.41. The minimum Gasteiger partial charge on any atom is -0.354 e. The van der Waals surface area contributed by atoms with Gasteiger partial charge in [0, 0.05) is 24.7 Å². The van der Waals surface area contributed by atoms with Gasteiger partial charge >= 0.3 is 0 Å². The normalized spacial score (nSPS) is 18.2. The van der Waals surface area contributed by atoms with Crippen molar-refractivity contribution in [3.63, 3.8) is 0 Å². The monoisotopic (exact) mass is 328 g/mol. The van der Waals surface area contributed by atoms with Crippen molar-refractivity contribution in [1.29, 1.82) is 0 Å². The molecule has 1 aliphatic heterocycles. The number of carbonyl (C=O) groups excluding carboxylic acids is 1. The van der Waals surface area contributed by atoms with Crippen molar-refractivity contribution >= 4 is 5.91 Å². The first-order chi connectivity index (χ1) is 11.6. The van der Waals surface area contributed by atoms with Gasteiger partial charge < -0.3 is 10.2 Å². The second kappa shape index (κ2) is 7.53. The van der Waals surface area contributed by atoms with Gasteiger partial charge in [0.2, 0.25) is 11.7 Å². The lowest BCUT2D eigenvalue weighted by atomic mass is 10.1. The smallest absolute Gasteiger partial charge is 0.243 e. The maximum absolute atomic E-state index is 12.1. The van der Waals surface area contributed by atoms with Crippen LogP contribution in [-0.2, 0) is 11.3 Å². The van der Waals surface area contributed by atoms with Crippen molar-refractivity contribution in [3.8, 4) is 11.4 Å². The van der Waals surface area contributed by atoms with Crippen molar-refractivity contribution in [2.45, 2.75) is 32.9 Å². The second-order valence-electron chi connectivity index (χ2n) is 6.56. The molecule has 0 radical (unpaired) electrons. The zero-order chi connectivity index (χ0) is 16.9. The lowest BCUT2D eigenvalue weighted by molar-refractivity contribution is -0.122. The molecule has 2 aromatic rings. The molecule has 3 rings (SSSR count). The number of likely N-dealkylation sites (tertiary alicyclic amines) is 1. The van der Waals surface area contributed by atoms with Crippen LogP contribution in [0.15, 0.2) is 30.3 Å². The Hall–Kier alpha value is -2.28. The van der Waals surface area contributed by atoms with Gasteiger partial charge in [-0.15, -0.1) is 10.2 Å². The average Bonchev–Trinajstić information content (AvgIpc) is 3.23. The summed E-state index contributed by atoms with van der Waals surface area (Å²) in [6, 6.07) is 10.2. The fourth-order valence-corrected chi connectivity index (χ4v) is 2.95. The van der Waals surface area contributed by atoms with Crippen LogP contribution in [0.2, 0.25) is 0 Å². The number of nitrogens with one attached hydrogen (secondary N) is 1. The zero-order valence-corrected chi connectivity index (χ0v) is 14.2. The summed E-state index contributed by atoms with van der Waals surface area (Å²) >= 11 is 0. The third-order valence-corrected chi connectivity index (χ3v) is 4.41. The van der Waals surface area contributed by atoms with Crippen LogP contribution in [0.3, 0.4) is 0 Å². The van der Waals surface area contributed by atoms with Crippen LogP contribution < -0.4 is 5.32 Å². The van der Waals surface area contributed by atoms with Gasteiger partial charge in [-0.25, -0.2) is 0 Å². The van der Waals surface area contributed by atoms with E-state index in [0.717, 1.165) is 25.1 Å². The molecule has 0 aliphatic carbocycles. The summed E-state index contributed by atoms with van der Waals surface area (Å²) in [5.74, 6) is 0.988. The minimum absolute atomic E-state index is 0.0741. The zero-order valence-electron chi connectivity index (χ0n) is 14.2. The van der Waals surface area contributed by atoms with E-state index < -0.39 is 0 Å². The molecule has 1 saturated heterocycles. The number of nitrogens with zero attached hydrogens (tertiary/aromatic N) is 5. The molecule has 1 aromatic heterocycles. The van der Waals surface area contributed by atoms with Gasteiger partial charge in [0.15, 0.2) is 0 Å². The van der Waals surface area contributed by atoms with Gasteiger partial charge in [0.25, 0.3) is 0 Å². The largest absolute Gasteiger partial charge is 0.354 e. The average molecular weight is 328 g/mol. The second-order valence-corrected chi connectivity index (χ2v) is 6.56. The third kappa shape index (κ3) is 4.17. The van der Waals surface area contributed by atoms with Gasteiger partial charge in [0.1, 0.15) is 6.54 Å². The van der Waals surface area contributed by atoms with Gasteiger partial charge in [-0.05, 0) is 37.9 Å². The van der Waals surface area contributed by atoms with Crippen LogP contribution in [0.25, 0.3) is 11.4 Å². The van der Waals surface area contributed by atoms with Crippen LogP contribution in [-0.4, -0.2) is 56.7 Å². The van der Waals surface area contributed by atoms with Crippen molar-refractivity contribution < 1.29 is 4.79 Å². The standard InChI is InChI=1S/C17H24N6O/c1-13(2)22-9-8-14(11-22)10-18-16(24)12-23-20-17(19-21-23)15-6-4-3-5-7-15/h3-7,13-14H,8-12H2,1-2H3,(H,18,24)/t14-/m0/s1. The summed E-state index contributed by atoms with van der Waals surface area (Å²) in [7, 11) is 0. The number of aromatic nitrogens is 4. The molecule has 24 heavy (non-hydrogen) atoms. The predicted molar refractivity (Wildman–Crippen MR) is 91.1 cm³/mol. The molecular weight excluding hydrogens is 304 g/mol. The molecule has 1 fully saturated rings. The Labute approximate surface area is 142 Å². The summed E-state index contributed by atoms with van der Waals surface area (Å²) in [6.45, 7) is 7.40.